The molecule has 0 bridgehead atoms. The second-order valence-electron chi connectivity index (χ2n) is 14.6. The SMILES string of the molecule is S=C(Oc1ccccc1)O[C@]12COc3c(ccc(OCc4ccccc4)c3OCc3ccccc3)[C@H]1c1cc(OCc3ccccc3)c(OCc3ccccc3)cc1C2. The Kier molecular flexibility index (Phi) is 11.1. The summed E-state index contributed by atoms with van der Waals surface area (Å²) in [6, 6.07) is 57.9. The molecular formula is C51H42O7S. The number of thiocarbonyl (C=S) groups is 1. The van der Waals surface area contributed by atoms with Gasteiger partial charge in [0.25, 0.3) is 0 Å². The molecule has 0 saturated heterocycles. The first-order valence-corrected chi connectivity index (χ1v) is 20.1. The molecule has 294 valence electrons. The van der Waals surface area contributed by atoms with Crippen molar-refractivity contribution >= 4 is 17.5 Å². The molecule has 2 atom stereocenters. The van der Waals surface area contributed by atoms with Gasteiger partial charge >= 0.3 is 5.24 Å². The molecule has 0 aromatic heterocycles. The number of hydrogen-bond donors (Lipinski definition) is 0. The van der Waals surface area contributed by atoms with Crippen LogP contribution in [-0.2, 0) is 37.6 Å². The monoisotopic (exact) mass is 798 g/mol. The van der Waals surface area contributed by atoms with E-state index in [9.17, 15) is 0 Å². The number of hydrogen-bond acceptors (Lipinski definition) is 8. The standard InChI is InChI=1S/C51H42O7S/c59-50(57-41-24-14-5-15-25-41)58-51-30-40-28-45(53-32-37-18-8-2-9-19-37)46(54-33-38-20-10-3-11-21-38)29-43(40)47(51)42-26-27-44(52-31-36-16-6-1-7-17-36)49(48(42)56-35-51)55-34-39-22-12-4-13-23-39/h1-29,47H,30-35H2/t47-,51+/m0/s1. The van der Waals surface area contributed by atoms with Crippen LogP contribution >= 0.6 is 12.2 Å². The quantitative estimate of drug-likeness (QED) is 0.101. The average molecular weight is 799 g/mol. The maximum absolute atomic E-state index is 6.82. The lowest BCUT2D eigenvalue weighted by atomic mass is 9.80. The number of benzene rings is 7. The summed E-state index contributed by atoms with van der Waals surface area (Å²) >= 11 is 5.82. The molecule has 1 heterocycles. The highest BCUT2D eigenvalue weighted by molar-refractivity contribution is 7.79. The maximum atomic E-state index is 6.82. The molecule has 1 aliphatic heterocycles. The van der Waals surface area contributed by atoms with Crippen LogP contribution in [0.15, 0.2) is 176 Å². The van der Waals surface area contributed by atoms with Gasteiger partial charge in [0.15, 0.2) is 28.6 Å². The summed E-state index contributed by atoms with van der Waals surface area (Å²) in [5, 5.41) is 0.00511. The molecule has 0 saturated carbocycles. The maximum Gasteiger partial charge on any atom is 0.358 e. The number of rotatable bonds is 14. The van der Waals surface area contributed by atoms with E-state index in [1.165, 1.54) is 0 Å². The van der Waals surface area contributed by atoms with Crippen molar-refractivity contribution in [2.45, 2.75) is 44.4 Å². The molecule has 0 amide bonds. The van der Waals surface area contributed by atoms with Crippen LogP contribution in [0.1, 0.15) is 44.9 Å². The van der Waals surface area contributed by atoms with Crippen LogP contribution in [-0.4, -0.2) is 17.4 Å². The summed E-state index contributed by atoms with van der Waals surface area (Å²) in [6.45, 7) is 1.57. The molecule has 2 aliphatic rings. The lowest BCUT2D eigenvalue weighted by Gasteiger charge is -2.40. The highest BCUT2D eigenvalue weighted by Gasteiger charge is 2.55. The van der Waals surface area contributed by atoms with Gasteiger partial charge in [-0.1, -0.05) is 146 Å². The predicted octanol–water partition coefficient (Wildman–Crippen LogP) is 11.2. The summed E-state index contributed by atoms with van der Waals surface area (Å²) in [6.07, 6.45) is 0.470. The van der Waals surface area contributed by atoms with E-state index in [0.717, 1.165) is 38.9 Å². The Morgan fingerprint density at radius 2 is 1.00 bits per heavy atom. The van der Waals surface area contributed by atoms with Gasteiger partial charge in [0.05, 0.1) is 5.92 Å². The van der Waals surface area contributed by atoms with Gasteiger partial charge in [-0.15, -0.1) is 0 Å². The minimum absolute atomic E-state index is 0.00511. The molecule has 0 spiro atoms. The highest BCUT2D eigenvalue weighted by Crippen LogP contribution is 2.58. The van der Waals surface area contributed by atoms with Crippen molar-refractivity contribution in [2.75, 3.05) is 6.61 Å². The van der Waals surface area contributed by atoms with Gasteiger partial charge in [0, 0.05) is 24.2 Å². The summed E-state index contributed by atoms with van der Waals surface area (Å²) in [7, 11) is 0. The molecule has 0 unspecified atom stereocenters. The molecule has 7 nitrogen and oxygen atoms in total. The average Bonchev–Trinajstić information content (AvgIpc) is 3.60. The van der Waals surface area contributed by atoms with Gasteiger partial charge in [-0.25, -0.2) is 0 Å². The lowest BCUT2D eigenvalue weighted by Crippen LogP contribution is -2.48. The summed E-state index contributed by atoms with van der Waals surface area (Å²) < 4.78 is 46.0. The van der Waals surface area contributed by atoms with Gasteiger partial charge in [0.2, 0.25) is 5.75 Å². The zero-order chi connectivity index (χ0) is 39.9. The molecule has 59 heavy (non-hydrogen) atoms. The van der Waals surface area contributed by atoms with Crippen LogP contribution in [0, 0.1) is 0 Å². The first-order valence-electron chi connectivity index (χ1n) is 19.7. The summed E-state index contributed by atoms with van der Waals surface area (Å²) in [5.41, 5.74) is 6.10. The summed E-state index contributed by atoms with van der Waals surface area (Å²) in [5.74, 6) is 3.18. The van der Waals surface area contributed by atoms with Gasteiger partial charge in [0.1, 0.15) is 38.8 Å². The van der Waals surface area contributed by atoms with Gasteiger partial charge in [-0.05, 0) is 63.7 Å². The molecule has 1 aliphatic carbocycles. The van der Waals surface area contributed by atoms with E-state index in [1.54, 1.807) is 0 Å². The van der Waals surface area contributed by atoms with Gasteiger partial charge < -0.3 is 33.2 Å². The van der Waals surface area contributed by atoms with Crippen molar-refractivity contribution < 1.29 is 33.2 Å². The van der Waals surface area contributed by atoms with Crippen LogP contribution in [0.2, 0.25) is 0 Å². The Bertz CT molecular complexity index is 2500. The third kappa shape index (κ3) is 8.59. The molecule has 8 heteroatoms. The van der Waals surface area contributed by atoms with E-state index < -0.39 is 5.60 Å². The number of para-hydroxylation sites is 1. The minimum Gasteiger partial charge on any atom is -0.485 e. The minimum atomic E-state index is -0.973. The first kappa shape index (κ1) is 37.8. The fraction of sp³-hybridized carbons (Fsp3) is 0.157. The molecule has 0 N–H and O–H groups in total. The van der Waals surface area contributed by atoms with E-state index in [4.69, 9.17) is 45.4 Å². The van der Waals surface area contributed by atoms with Crippen molar-refractivity contribution in [1.29, 1.82) is 0 Å². The van der Waals surface area contributed by atoms with Crippen molar-refractivity contribution in [3.8, 4) is 34.5 Å². The molecule has 0 fully saturated rings. The zero-order valence-electron chi connectivity index (χ0n) is 32.3. The van der Waals surface area contributed by atoms with Crippen LogP contribution < -0.4 is 28.4 Å². The third-order valence-corrected chi connectivity index (χ3v) is 10.7. The van der Waals surface area contributed by atoms with Crippen LogP contribution in [0.5, 0.6) is 34.5 Å². The van der Waals surface area contributed by atoms with E-state index in [2.05, 4.69) is 12.1 Å². The molecule has 7 aromatic rings. The van der Waals surface area contributed by atoms with Crippen LogP contribution in [0.4, 0.5) is 0 Å². The number of ether oxygens (including phenoxy) is 7. The Morgan fingerprint density at radius 1 is 0.525 bits per heavy atom. The fourth-order valence-corrected chi connectivity index (χ4v) is 8.03. The highest BCUT2D eigenvalue weighted by atomic mass is 32.1. The van der Waals surface area contributed by atoms with E-state index in [-0.39, 0.29) is 17.8 Å². The van der Waals surface area contributed by atoms with Crippen molar-refractivity contribution in [2.24, 2.45) is 0 Å². The zero-order valence-corrected chi connectivity index (χ0v) is 33.1. The van der Waals surface area contributed by atoms with Crippen LogP contribution in [0.25, 0.3) is 0 Å². The molecule has 9 rings (SSSR count). The normalized spacial score (nSPS) is 16.0. The second-order valence-corrected chi connectivity index (χ2v) is 15.0. The molecule has 0 radical (unpaired) electrons. The lowest BCUT2D eigenvalue weighted by molar-refractivity contribution is -0.0220. The Morgan fingerprint density at radius 3 is 1.54 bits per heavy atom. The fourth-order valence-electron chi connectivity index (χ4n) is 7.77. The van der Waals surface area contributed by atoms with Crippen LogP contribution in [0.3, 0.4) is 0 Å². The number of fused-ring (bicyclic) bond motifs is 5. The van der Waals surface area contributed by atoms with E-state index >= 15 is 0 Å². The van der Waals surface area contributed by atoms with Gasteiger partial charge in [-0.2, -0.15) is 0 Å². The Labute approximate surface area is 349 Å². The largest absolute Gasteiger partial charge is 0.485 e. The molecular weight excluding hydrogens is 757 g/mol. The van der Waals surface area contributed by atoms with Crippen molar-refractivity contribution in [1.82, 2.24) is 0 Å². The third-order valence-electron chi connectivity index (χ3n) is 10.6. The Balaban J connectivity index is 1.13. The summed E-state index contributed by atoms with van der Waals surface area (Å²) in [4.78, 5) is 0. The van der Waals surface area contributed by atoms with Gasteiger partial charge in [-0.3, -0.25) is 0 Å². The second kappa shape index (κ2) is 17.4. The van der Waals surface area contributed by atoms with E-state index in [0.29, 0.717) is 67.3 Å². The smallest absolute Gasteiger partial charge is 0.358 e. The van der Waals surface area contributed by atoms with E-state index in [1.807, 2.05) is 164 Å². The predicted molar refractivity (Wildman–Crippen MR) is 231 cm³/mol. The Hall–Kier alpha value is -6.77. The topological polar surface area (TPSA) is 64.6 Å². The molecule has 7 aromatic carbocycles. The van der Waals surface area contributed by atoms with Crippen molar-refractivity contribution in [3.63, 3.8) is 0 Å². The van der Waals surface area contributed by atoms with Crippen molar-refractivity contribution in [3.05, 3.63) is 215 Å². The first-order chi connectivity index (χ1) is 29.1.